The van der Waals surface area contributed by atoms with Gasteiger partial charge in [0.2, 0.25) is 0 Å². The van der Waals surface area contributed by atoms with E-state index in [4.69, 9.17) is 0 Å². The van der Waals surface area contributed by atoms with Gasteiger partial charge in [-0.3, -0.25) is 9.80 Å². The Labute approximate surface area is 143 Å². The molecule has 1 aromatic heterocycles. The molecule has 3 aliphatic rings. The van der Waals surface area contributed by atoms with E-state index in [9.17, 15) is 0 Å². The fraction of sp³-hybridized carbons (Fsp3) is 0.765. The van der Waals surface area contributed by atoms with Gasteiger partial charge >= 0.3 is 0 Å². The van der Waals surface area contributed by atoms with Gasteiger partial charge in [0.05, 0.1) is 5.69 Å². The lowest BCUT2D eigenvalue weighted by molar-refractivity contribution is 0.0676. The Hall–Kier alpha value is -0.850. The average molecular weight is 334 g/mol. The first kappa shape index (κ1) is 15.7. The Morgan fingerprint density at radius 3 is 2.65 bits per heavy atom. The van der Waals surface area contributed by atoms with Gasteiger partial charge < -0.3 is 4.90 Å². The third-order valence-electron chi connectivity index (χ3n) is 5.47. The molecular formula is C17H27N5S. The van der Waals surface area contributed by atoms with Gasteiger partial charge in [-0.05, 0) is 31.2 Å². The molecular weight excluding hydrogens is 306 g/mol. The molecule has 126 valence electrons. The van der Waals surface area contributed by atoms with E-state index in [0.29, 0.717) is 12.1 Å². The van der Waals surface area contributed by atoms with Gasteiger partial charge in [-0.1, -0.05) is 0 Å². The van der Waals surface area contributed by atoms with Crippen LogP contribution in [0.25, 0.3) is 0 Å². The first-order chi connectivity index (χ1) is 11.2. The molecule has 0 atom stereocenters. The predicted molar refractivity (Wildman–Crippen MR) is 96.2 cm³/mol. The van der Waals surface area contributed by atoms with Crippen molar-refractivity contribution in [2.45, 2.75) is 38.1 Å². The molecule has 0 aliphatic carbocycles. The smallest absolute Gasteiger partial charge is 0.151 e. The highest BCUT2D eigenvalue weighted by Gasteiger charge is 2.34. The molecule has 0 amide bonds. The number of rotatable bonds is 3. The molecule has 0 N–H and O–H groups in total. The monoisotopic (exact) mass is 333 g/mol. The fourth-order valence-electron chi connectivity index (χ4n) is 3.78. The van der Waals surface area contributed by atoms with Gasteiger partial charge in [-0.15, -0.1) is 5.10 Å². The number of thioether (sulfide) groups is 1. The van der Waals surface area contributed by atoms with E-state index in [0.717, 1.165) is 31.1 Å². The summed E-state index contributed by atoms with van der Waals surface area (Å²) in [5.41, 5.74) is 2.62. The van der Waals surface area contributed by atoms with Crippen molar-refractivity contribution in [2.75, 3.05) is 49.9 Å². The summed E-state index contributed by atoms with van der Waals surface area (Å²) in [6.45, 7) is 11.7. The molecule has 1 aromatic rings. The van der Waals surface area contributed by atoms with Gasteiger partial charge in [-0.2, -0.15) is 16.9 Å². The van der Waals surface area contributed by atoms with Crippen molar-refractivity contribution in [1.82, 2.24) is 20.0 Å². The maximum atomic E-state index is 4.47. The number of nitrogens with zero attached hydrogens (tertiary/aromatic N) is 5. The summed E-state index contributed by atoms with van der Waals surface area (Å²) in [5, 5.41) is 8.93. The highest BCUT2D eigenvalue weighted by atomic mass is 32.2. The predicted octanol–water partition coefficient (Wildman–Crippen LogP) is 1.48. The van der Waals surface area contributed by atoms with E-state index < -0.39 is 0 Å². The van der Waals surface area contributed by atoms with Crippen LogP contribution in [0.3, 0.4) is 0 Å². The van der Waals surface area contributed by atoms with E-state index in [2.05, 4.69) is 44.8 Å². The molecule has 5 nitrogen and oxygen atoms in total. The number of hydrogen-bond donors (Lipinski definition) is 0. The summed E-state index contributed by atoms with van der Waals surface area (Å²) < 4.78 is 0. The first-order valence-corrected chi connectivity index (χ1v) is 10.0. The second-order valence-electron chi connectivity index (χ2n) is 7.20. The largest absolute Gasteiger partial charge is 0.352 e. The second kappa shape index (κ2) is 6.57. The number of aromatic nitrogens is 2. The zero-order valence-corrected chi connectivity index (χ0v) is 15.1. The summed E-state index contributed by atoms with van der Waals surface area (Å²) in [6, 6.07) is 3.66. The Morgan fingerprint density at radius 1 is 1.13 bits per heavy atom. The summed E-state index contributed by atoms with van der Waals surface area (Å²) in [4.78, 5) is 7.64. The standard InChI is InChI=1S/C17H27N5S/c1-13(2)20-4-6-21(7-5-20)15-10-22(11-15)17-9-14-12-23-8-3-16(14)18-19-17/h9,13,15H,3-8,10-12H2,1-2H3. The minimum atomic E-state index is 0.679. The van der Waals surface area contributed by atoms with Crippen LogP contribution in [0, 0.1) is 0 Å². The molecule has 0 unspecified atom stereocenters. The van der Waals surface area contributed by atoms with Crippen molar-refractivity contribution >= 4 is 17.6 Å². The molecule has 0 saturated carbocycles. The van der Waals surface area contributed by atoms with E-state index in [1.165, 1.54) is 43.2 Å². The number of hydrogen-bond acceptors (Lipinski definition) is 6. The highest BCUT2D eigenvalue weighted by molar-refractivity contribution is 7.98. The number of anilines is 1. The summed E-state index contributed by atoms with van der Waals surface area (Å²) >= 11 is 2.01. The van der Waals surface area contributed by atoms with Crippen molar-refractivity contribution in [2.24, 2.45) is 0 Å². The Morgan fingerprint density at radius 2 is 1.91 bits per heavy atom. The summed E-state index contributed by atoms with van der Waals surface area (Å²) in [7, 11) is 0. The average Bonchev–Trinajstić information content (AvgIpc) is 2.54. The van der Waals surface area contributed by atoms with Crippen LogP contribution in [-0.2, 0) is 12.2 Å². The first-order valence-electron chi connectivity index (χ1n) is 8.87. The van der Waals surface area contributed by atoms with Crippen LogP contribution in [0.1, 0.15) is 25.1 Å². The zero-order chi connectivity index (χ0) is 15.8. The maximum absolute atomic E-state index is 4.47. The fourth-order valence-corrected chi connectivity index (χ4v) is 4.73. The van der Waals surface area contributed by atoms with Crippen molar-refractivity contribution in [1.29, 1.82) is 0 Å². The third-order valence-corrected chi connectivity index (χ3v) is 6.48. The van der Waals surface area contributed by atoms with Crippen molar-refractivity contribution < 1.29 is 0 Å². The Bertz CT molecular complexity index is 550. The minimum absolute atomic E-state index is 0.679. The van der Waals surface area contributed by atoms with Crippen LogP contribution >= 0.6 is 11.8 Å². The molecule has 2 fully saturated rings. The summed E-state index contributed by atoms with van der Waals surface area (Å²) in [5.74, 6) is 3.38. The van der Waals surface area contributed by atoms with Crippen LogP contribution in [-0.4, -0.2) is 77.1 Å². The quantitative estimate of drug-likeness (QED) is 0.834. The SMILES string of the molecule is CC(C)N1CCN(C2CN(c3cc4c(nn3)CCSC4)C2)CC1. The van der Waals surface area contributed by atoms with E-state index >= 15 is 0 Å². The number of fused-ring (bicyclic) bond motifs is 1. The molecule has 6 heteroatoms. The van der Waals surface area contributed by atoms with Gasteiger partial charge in [0.25, 0.3) is 0 Å². The van der Waals surface area contributed by atoms with Gasteiger partial charge in [0.15, 0.2) is 5.82 Å². The van der Waals surface area contributed by atoms with Crippen LogP contribution in [0.15, 0.2) is 6.07 Å². The lowest BCUT2D eigenvalue weighted by Crippen LogP contribution is -2.63. The topological polar surface area (TPSA) is 35.5 Å². The minimum Gasteiger partial charge on any atom is -0.352 e. The Kier molecular flexibility index (Phi) is 4.48. The molecule has 0 spiro atoms. The van der Waals surface area contributed by atoms with Gasteiger partial charge in [-0.25, -0.2) is 0 Å². The number of aryl methyl sites for hydroxylation is 1. The van der Waals surface area contributed by atoms with Gasteiger partial charge in [0, 0.05) is 63.5 Å². The highest BCUT2D eigenvalue weighted by Crippen LogP contribution is 2.28. The lowest BCUT2D eigenvalue weighted by Gasteiger charge is -2.49. The second-order valence-corrected chi connectivity index (χ2v) is 8.31. The maximum Gasteiger partial charge on any atom is 0.151 e. The van der Waals surface area contributed by atoms with E-state index in [1.54, 1.807) is 0 Å². The number of piperazine rings is 1. The molecule has 2 saturated heterocycles. The van der Waals surface area contributed by atoms with Crippen molar-refractivity contribution in [3.05, 3.63) is 17.3 Å². The van der Waals surface area contributed by atoms with Crippen LogP contribution in [0.4, 0.5) is 5.82 Å². The summed E-state index contributed by atoms with van der Waals surface area (Å²) in [6.07, 6.45) is 1.08. The molecule has 3 aliphatic heterocycles. The third kappa shape index (κ3) is 3.21. The van der Waals surface area contributed by atoms with Gasteiger partial charge in [0.1, 0.15) is 0 Å². The normalized spacial score (nSPS) is 23.9. The van der Waals surface area contributed by atoms with Crippen LogP contribution in [0.2, 0.25) is 0 Å². The zero-order valence-electron chi connectivity index (χ0n) is 14.2. The molecule has 0 bridgehead atoms. The Balaban J connectivity index is 1.32. The van der Waals surface area contributed by atoms with Crippen LogP contribution < -0.4 is 4.90 Å². The van der Waals surface area contributed by atoms with Crippen molar-refractivity contribution in [3.63, 3.8) is 0 Å². The molecule has 0 aromatic carbocycles. The van der Waals surface area contributed by atoms with Crippen molar-refractivity contribution in [3.8, 4) is 0 Å². The van der Waals surface area contributed by atoms with E-state index in [1.807, 2.05) is 11.8 Å². The molecule has 4 heterocycles. The molecule has 0 radical (unpaired) electrons. The van der Waals surface area contributed by atoms with E-state index in [-0.39, 0.29) is 0 Å². The van der Waals surface area contributed by atoms with Crippen LogP contribution in [0.5, 0.6) is 0 Å². The lowest BCUT2D eigenvalue weighted by atomic mass is 10.1. The molecule has 23 heavy (non-hydrogen) atoms. The molecule has 4 rings (SSSR count).